The number of anilines is 1. The predicted molar refractivity (Wildman–Crippen MR) is 124 cm³/mol. The van der Waals surface area contributed by atoms with Crippen molar-refractivity contribution in [2.45, 2.75) is 18.7 Å². The van der Waals surface area contributed by atoms with Gasteiger partial charge in [-0.15, -0.1) is 0 Å². The van der Waals surface area contributed by atoms with E-state index in [1.807, 2.05) is 19.1 Å². The Morgan fingerprint density at radius 3 is 2.48 bits per heavy atom. The second-order valence-corrected chi connectivity index (χ2v) is 10.3. The number of hydrogen-bond donors (Lipinski definition) is 1. The topological polar surface area (TPSA) is 102 Å². The minimum Gasteiger partial charge on any atom is -0.452 e. The van der Waals surface area contributed by atoms with E-state index in [-0.39, 0.29) is 23.5 Å². The van der Waals surface area contributed by atoms with Gasteiger partial charge >= 0.3 is 5.97 Å². The third kappa shape index (κ3) is 5.82. The van der Waals surface area contributed by atoms with Gasteiger partial charge in [-0.2, -0.15) is 4.31 Å². The lowest BCUT2D eigenvalue weighted by Crippen LogP contribution is -2.40. The first kappa shape index (κ1) is 23.6. The average Bonchev–Trinajstić information content (AvgIpc) is 2.75. The predicted octanol–water partition coefficient (Wildman–Crippen LogP) is 2.72. The zero-order valence-electron chi connectivity index (χ0n) is 17.2. The van der Waals surface area contributed by atoms with Crippen LogP contribution >= 0.6 is 22.6 Å². The molecule has 0 spiro atoms. The lowest BCUT2D eigenvalue weighted by atomic mass is 10.1. The molecule has 1 aliphatic heterocycles. The molecule has 0 aromatic heterocycles. The number of ether oxygens (including phenoxy) is 2. The van der Waals surface area contributed by atoms with E-state index in [4.69, 9.17) is 9.47 Å². The molecule has 0 radical (unpaired) electrons. The summed E-state index contributed by atoms with van der Waals surface area (Å²) in [5.74, 6) is -1.24. The monoisotopic (exact) mass is 558 g/mol. The van der Waals surface area contributed by atoms with E-state index in [1.54, 1.807) is 19.1 Å². The largest absolute Gasteiger partial charge is 0.452 e. The summed E-state index contributed by atoms with van der Waals surface area (Å²) in [4.78, 5) is 24.8. The number of nitrogens with zero attached hydrogens (tertiary/aromatic N) is 1. The number of esters is 1. The van der Waals surface area contributed by atoms with Gasteiger partial charge in [-0.1, -0.05) is 6.07 Å². The summed E-state index contributed by atoms with van der Waals surface area (Å²) in [6, 6.07) is 9.87. The van der Waals surface area contributed by atoms with Gasteiger partial charge in [0.2, 0.25) is 10.0 Å². The standard InChI is InChI=1S/C21H23IN2O6S/c1-14-3-5-17(31(27,28)24-7-9-29-10-8-24)12-18(14)21(26)30-13-20(25)23-19-6-4-16(22)11-15(19)2/h3-6,11-12H,7-10,13H2,1-2H3,(H,23,25). The van der Waals surface area contributed by atoms with Crippen LogP contribution < -0.4 is 5.32 Å². The molecule has 166 valence electrons. The van der Waals surface area contributed by atoms with E-state index < -0.39 is 28.5 Å². The van der Waals surface area contributed by atoms with Crippen LogP contribution in [0.4, 0.5) is 5.69 Å². The summed E-state index contributed by atoms with van der Waals surface area (Å²) >= 11 is 2.18. The molecule has 0 unspecified atom stereocenters. The molecular formula is C21H23IN2O6S. The van der Waals surface area contributed by atoms with Crippen molar-refractivity contribution in [1.29, 1.82) is 0 Å². The Morgan fingerprint density at radius 1 is 1.10 bits per heavy atom. The van der Waals surface area contributed by atoms with Crippen LogP contribution in [-0.2, 0) is 24.3 Å². The van der Waals surface area contributed by atoms with Gasteiger partial charge in [0.15, 0.2) is 6.61 Å². The van der Waals surface area contributed by atoms with Crippen molar-refractivity contribution < 1.29 is 27.5 Å². The maximum absolute atomic E-state index is 12.9. The molecule has 1 N–H and O–H groups in total. The first-order valence-electron chi connectivity index (χ1n) is 9.60. The highest BCUT2D eigenvalue weighted by molar-refractivity contribution is 14.1. The van der Waals surface area contributed by atoms with E-state index in [9.17, 15) is 18.0 Å². The number of halogens is 1. The Balaban J connectivity index is 1.68. The minimum atomic E-state index is -3.75. The van der Waals surface area contributed by atoms with Crippen molar-refractivity contribution >= 4 is 50.2 Å². The quantitative estimate of drug-likeness (QED) is 0.433. The van der Waals surface area contributed by atoms with Crippen molar-refractivity contribution in [2.75, 3.05) is 38.2 Å². The van der Waals surface area contributed by atoms with Crippen LogP contribution in [-0.4, -0.2) is 57.5 Å². The van der Waals surface area contributed by atoms with Crippen molar-refractivity contribution in [2.24, 2.45) is 0 Å². The van der Waals surface area contributed by atoms with Gasteiger partial charge in [0, 0.05) is 22.3 Å². The Kier molecular flexibility index (Phi) is 7.68. The molecule has 1 amide bonds. The van der Waals surface area contributed by atoms with Crippen LogP contribution in [0, 0.1) is 17.4 Å². The summed E-state index contributed by atoms with van der Waals surface area (Å²) in [6.45, 7) is 4.24. The fourth-order valence-electron chi connectivity index (χ4n) is 3.08. The normalized spacial score (nSPS) is 14.8. The molecule has 1 fully saturated rings. The molecule has 10 heteroatoms. The maximum Gasteiger partial charge on any atom is 0.338 e. The van der Waals surface area contributed by atoms with Crippen LogP contribution in [0.25, 0.3) is 0 Å². The van der Waals surface area contributed by atoms with E-state index in [2.05, 4.69) is 27.9 Å². The first-order chi connectivity index (χ1) is 14.7. The molecule has 0 atom stereocenters. The minimum absolute atomic E-state index is 0.00548. The van der Waals surface area contributed by atoms with Gasteiger partial charge in [0.25, 0.3) is 5.91 Å². The molecule has 1 saturated heterocycles. The molecule has 8 nitrogen and oxygen atoms in total. The molecule has 2 aromatic rings. The van der Waals surface area contributed by atoms with Gasteiger partial charge < -0.3 is 14.8 Å². The second kappa shape index (κ2) is 10.1. The highest BCUT2D eigenvalue weighted by atomic mass is 127. The van der Waals surface area contributed by atoms with Gasteiger partial charge in [0.05, 0.1) is 23.7 Å². The highest BCUT2D eigenvalue weighted by Gasteiger charge is 2.27. The molecule has 2 aromatic carbocycles. The summed E-state index contributed by atoms with van der Waals surface area (Å²) < 4.78 is 38.4. The summed E-state index contributed by atoms with van der Waals surface area (Å²) in [5.41, 5.74) is 2.19. The van der Waals surface area contributed by atoms with Gasteiger partial charge in [-0.05, 0) is 77.9 Å². The SMILES string of the molecule is Cc1cc(I)ccc1NC(=O)COC(=O)c1cc(S(=O)(=O)N2CCOCC2)ccc1C. The molecule has 3 rings (SSSR count). The van der Waals surface area contributed by atoms with Crippen LogP contribution in [0.15, 0.2) is 41.3 Å². The lowest BCUT2D eigenvalue weighted by Gasteiger charge is -2.26. The van der Waals surface area contributed by atoms with Crippen LogP contribution in [0.1, 0.15) is 21.5 Å². The smallest absolute Gasteiger partial charge is 0.338 e. The number of aryl methyl sites for hydroxylation is 2. The number of carbonyl (C=O) groups excluding carboxylic acids is 2. The molecular weight excluding hydrogens is 535 g/mol. The van der Waals surface area contributed by atoms with E-state index in [1.165, 1.54) is 16.4 Å². The third-order valence-corrected chi connectivity index (χ3v) is 7.40. The average molecular weight is 558 g/mol. The number of rotatable bonds is 6. The number of morpholine rings is 1. The Labute approximate surface area is 195 Å². The number of amides is 1. The van der Waals surface area contributed by atoms with Gasteiger partial charge in [0.1, 0.15) is 0 Å². The fourth-order valence-corrected chi connectivity index (χ4v) is 5.16. The molecule has 0 aliphatic carbocycles. The van der Waals surface area contributed by atoms with Crippen molar-refractivity contribution in [3.05, 3.63) is 56.7 Å². The zero-order chi connectivity index (χ0) is 22.6. The fraction of sp³-hybridized carbons (Fsp3) is 0.333. The van der Waals surface area contributed by atoms with Gasteiger partial charge in [-0.3, -0.25) is 4.79 Å². The first-order valence-corrected chi connectivity index (χ1v) is 12.1. The third-order valence-electron chi connectivity index (χ3n) is 4.83. The van der Waals surface area contributed by atoms with Crippen molar-refractivity contribution in [3.8, 4) is 0 Å². The zero-order valence-corrected chi connectivity index (χ0v) is 20.2. The maximum atomic E-state index is 12.9. The lowest BCUT2D eigenvalue weighted by molar-refractivity contribution is -0.119. The molecule has 1 aliphatic rings. The highest BCUT2D eigenvalue weighted by Crippen LogP contribution is 2.21. The summed E-state index contributed by atoms with van der Waals surface area (Å²) in [7, 11) is -3.75. The number of carbonyl (C=O) groups is 2. The van der Waals surface area contributed by atoms with Crippen LogP contribution in [0.3, 0.4) is 0 Å². The number of sulfonamides is 1. The van der Waals surface area contributed by atoms with E-state index >= 15 is 0 Å². The van der Waals surface area contributed by atoms with Crippen molar-refractivity contribution in [3.63, 3.8) is 0 Å². The molecule has 1 heterocycles. The second-order valence-electron chi connectivity index (χ2n) is 7.08. The number of hydrogen-bond acceptors (Lipinski definition) is 6. The van der Waals surface area contributed by atoms with Crippen molar-refractivity contribution in [1.82, 2.24) is 4.31 Å². The molecule has 31 heavy (non-hydrogen) atoms. The van der Waals surface area contributed by atoms with Crippen LogP contribution in [0.5, 0.6) is 0 Å². The molecule has 0 bridgehead atoms. The van der Waals surface area contributed by atoms with E-state index in [0.29, 0.717) is 24.5 Å². The summed E-state index contributed by atoms with van der Waals surface area (Å²) in [5, 5.41) is 2.70. The Morgan fingerprint density at radius 2 is 1.81 bits per heavy atom. The Hall–Kier alpha value is -2.02. The van der Waals surface area contributed by atoms with Gasteiger partial charge in [-0.25, -0.2) is 13.2 Å². The Bertz CT molecular complexity index is 1100. The summed E-state index contributed by atoms with van der Waals surface area (Å²) in [6.07, 6.45) is 0. The number of benzene rings is 2. The molecule has 0 saturated carbocycles. The van der Waals surface area contributed by atoms with E-state index in [0.717, 1.165) is 9.13 Å². The van der Waals surface area contributed by atoms with Crippen LogP contribution in [0.2, 0.25) is 0 Å². The number of nitrogens with one attached hydrogen (secondary N) is 1.